The maximum absolute atomic E-state index is 13.3. The molecule has 1 spiro atoms. The molecule has 1 aromatic carbocycles. The fourth-order valence-electron chi connectivity index (χ4n) is 6.07. The van der Waals surface area contributed by atoms with Crippen LogP contribution in [0.4, 0.5) is 0 Å². The van der Waals surface area contributed by atoms with E-state index in [-0.39, 0.29) is 42.1 Å². The van der Waals surface area contributed by atoms with E-state index in [4.69, 9.17) is 0 Å². The molecule has 4 aliphatic heterocycles. The van der Waals surface area contributed by atoms with Crippen LogP contribution in [0.3, 0.4) is 0 Å². The van der Waals surface area contributed by atoms with Crippen LogP contribution in [-0.4, -0.2) is 71.5 Å². The molecular weight excluding hydrogens is 396 g/mol. The molecule has 166 valence electrons. The van der Waals surface area contributed by atoms with Crippen molar-refractivity contribution in [3.63, 3.8) is 0 Å². The van der Waals surface area contributed by atoms with Crippen molar-refractivity contribution in [1.82, 2.24) is 20.4 Å². The molecule has 0 saturated carbocycles. The number of carbonyl (C=O) groups excluding carboxylic acids is 3. The third-order valence-corrected chi connectivity index (χ3v) is 7.74. The number of aliphatic hydroxyl groups is 1. The quantitative estimate of drug-likeness (QED) is 0.597. The molecular formula is C23H30N4O4. The van der Waals surface area contributed by atoms with E-state index in [2.05, 4.69) is 15.5 Å². The van der Waals surface area contributed by atoms with Crippen molar-refractivity contribution in [2.75, 3.05) is 32.8 Å². The lowest BCUT2D eigenvalue weighted by Crippen LogP contribution is -2.52. The van der Waals surface area contributed by atoms with Gasteiger partial charge in [-0.15, -0.1) is 0 Å². The summed E-state index contributed by atoms with van der Waals surface area (Å²) in [5.41, 5.74) is 2.79. The second-order valence-electron chi connectivity index (χ2n) is 9.51. The fraction of sp³-hybridized carbons (Fsp3) is 0.609. The first-order chi connectivity index (χ1) is 15.0. The minimum absolute atomic E-state index is 0.116. The number of hydrogen-bond acceptors (Lipinski definition) is 6. The van der Waals surface area contributed by atoms with Crippen LogP contribution in [-0.2, 0) is 22.7 Å². The number of fused-ring (bicyclic) bond motifs is 1. The summed E-state index contributed by atoms with van der Waals surface area (Å²) >= 11 is 0. The highest BCUT2D eigenvalue weighted by Gasteiger charge is 2.47. The largest absolute Gasteiger partial charge is 0.396 e. The smallest absolute Gasteiger partial charge is 0.255 e. The topological polar surface area (TPSA) is 102 Å². The first-order valence-electron chi connectivity index (χ1n) is 11.3. The highest BCUT2D eigenvalue weighted by molar-refractivity contribution is 6.05. The molecule has 3 N–H and O–H groups in total. The van der Waals surface area contributed by atoms with Gasteiger partial charge in [0.2, 0.25) is 11.8 Å². The summed E-state index contributed by atoms with van der Waals surface area (Å²) in [4.78, 5) is 41.1. The SMILES string of the molecule is O=C1CCC(N2Cc3cccc(CN4CC(CO)C5(CCNCC5)C4)c3C2=O)C(=O)N1. The molecule has 8 heteroatoms. The Labute approximate surface area is 182 Å². The third kappa shape index (κ3) is 3.56. The summed E-state index contributed by atoms with van der Waals surface area (Å²) in [6, 6.07) is 5.35. The molecule has 2 atom stereocenters. The van der Waals surface area contributed by atoms with Crippen LogP contribution in [0.2, 0.25) is 0 Å². The van der Waals surface area contributed by atoms with Crippen molar-refractivity contribution in [3.05, 3.63) is 34.9 Å². The van der Waals surface area contributed by atoms with Crippen molar-refractivity contribution >= 4 is 17.7 Å². The Morgan fingerprint density at radius 2 is 1.97 bits per heavy atom. The highest BCUT2D eigenvalue weighted by Crippen LogP contribution is 2.44. The van der Waals surface area contributed by atoms with Gasteiger partial charge in [-0.2, -0.15) is 0 Å². The number of benzene rings is 1. The van der Waals surface area contributed by atoms with Gasteiger partial charge in [-0.25, -0.2) is 0 Å². The van der Waals surface area contributed by atoms with Gasteiger partial charge in [-0.3, -0.25) is 24.6 Å². The van der Waals surface area contributed by atoms with Gasteiger partial charge in [0.15, 0.2) is 0 Å². The van der Waals surface area contributed by atoms with E-state index in [0.29, 0.717) is 25.1 Å². The number of carbonyl (C=O) groups is 3. The maximum Gasteiger partial charge on any atom is 0.255 e. The number of nitrogens with zero attached hydrogens (tertiary/aromatic N) is 2. The monoisotopic (exact) mass is 426 g/mol. The number of aliphatic hydroxyl groups excluding tert-OH is 1. The van der Waals surface area contributed by atoms with Crippen LogP contribution >= 0.6 is 0 Å². The van der Waals surface area contributed by atoms with Gasteiger partial charge in [0, 0.05) is 50.7 Å². The Bertz CT molecular complexity index is 911. The van der Waals surface area contributed by atoms with Gasteiger partial charge in [0.1, 0.15) is 6.04 Å². The Morgan fingerprint density at radius 3 is 2.71 bits per heavy atom. The lowest BCUT2D eigenvalue weighted by Gasteiger charge is -2.38. The molecule has 3 amide bonds. The molecule has 0 aliphatic carbocycles. The van der Waals surface area contributed by atoms with Gasteiger partial charge in [-0.1, -0.05) is 18.2 Å². The number of rotatable bonds is 4. The van der Waals surface area contributed by atoms with Crippen LogP contribution in [0.15, 0.2) is 18.2 Å². The van der Waals surface area contributed by atoms with Crippen LogP contribution < -0.4 is 10.6 Å². The molecule has 5 rings (SSSR count). The first kappa shape index (κ1) is 20.6. The van der Waals surface area contributed by atoms with E-state index >= 15 is 0 Å². The Morgan fingerprint density at radius 1 is 1.16 bits per heavy atom. The van der Waals surface area contributed by atoms with Crippen molar-refractivity contribution in [2.24, 2.45) is 11.3 Å². The number of hydrogen-bond donors (Lipinski definition) is 3. The first-order valence-corrected chi connectivity index (χ1v) is 11.3. The second-order valence-corrected chi connectivity index (χ2v) is 9.51. The number of amides is 3. The van der Waals surface area contributed by atoms with Crippen LogP contribution in [0.25, 0.3) is 0 Å². The normalized spacial score (nSPS) is 28.3. The van der Waals surface area contributed by atoms with Crippen LogP contribution in [0, 0.1) is 11.3 Å². The van der Waals surface area contributed by atoms with Gasteiger partial charge in [-0.05, 0) is 48.9 Å². The summed E-state index contributed by atoms with van der Waals surface area (Å²) in [6.07, 6.45) is 2.78. The second kappa shape index (κ2) is 8.00. The number of likely N-dealkylation sites (tertiary alicyclic amines) is 1. The van der Waals surface area contributed by atoms with Crippen molar-refractivity contribution in [3.8, 4) is 0 Å². The van der Waals surface area contributed by atoms with Gasteiger partial charge >= 0.3 is 0 Å². The molecule has 1 aromatic rings. The lowest BCUT2D eigenvalue weighted by atomic mass is 9.71. The minimum Gasteiger partial charge on any atom is -0.396 e. The number of imide groups is 1. The lowest BCUT2D eigenvalue weighted by molar-refractivity contribution is -0.136. The van der Waals surface area contributed by atoms with Gasteiger partial charge in [0.05, 0.1) is 0 Å². The van der Waals surface area contributed by atoms with Crippen molar-refractivity contribution in [2.45, 2.75) is 44.8 Å². The molecule has 3 fully saturated rings. The average molecular weight is 427 g/mol. The molecule has 4 heterocycles. The highest BCUT2D eigenvalue weighted by atomic mass is 16.3. The Balaban J connectivity index is 1.35. The maximum atomic E-state index is 13.3. The number of nitrogens with one attached hydrogen (secondary N) is 2. The van der Waals surface area contributed by atoms with E-state index in [9.17, 15) is 19.5 Å². The van der Waals surface area contributed by atoms with E-state index < -0.39 is 6.04 Å². The fourth-order valence-corrected chi connectivity index (χ4v) is 6.07. The number of piperidine rings is 2. The van der Waals surface area contributed by atoms with Crippen molar-refractivity contribution < 1.29 is 19.5 Å². The minimum atomic E-state index is -0.589. The summed E-state index contributed by atoms with van der Waals surface area (Å²) in [5.74, 6) is -0.501. The molecule has 3 saturated heterocycles. The zero-order valence-electron chi connectivity index (χ0n) is 17.7. The van der Waals surface area contributed by atoms with Crippen molar-refractivity contribution in [1.29, 1.82) is 0 Å². The van der Waals surface area contributed by atoms with Crippen LogP contribution in [0.5, 0.6) is 0 Å². The van der Waals surface area contributed by atoms with Gasteiger partial charge in [0.25, 0.3) is 5.91 Å². The van der Waals surface area contributed by atoms with E-state index in [1.807, 2.05) is 18.2 Å². The summed E-state index contributed by atoms with van der Waals surface area (Å²) in [5, 5.41) is 15.8. The summed E-state index contributed by atoms with van der Waals surface area (Å²) in [6.45, 7) is 5.04. The molecule has 0 bridgehead atoms. The Kier molecular flexibility index (Phi) is 5.32. The Hall–Kier alpha value is -2.29. The predicted molar refractivity (Wildman–Crippen MR) is 113 cm³/mol. The van der Waals surface area contributed by atoms with E-state index in [1.54, 1.807) is 4.90 Å². The van der Waals surface area contributed by atoms with Crippen LogP contribution in [0.1, 0.15) is 47.2 Å². The molecule has 0 radical (unpaired) electrons. The molecule has 4 aliphatic rings. The predicted octanol–water partition coefficient (Wildman–Crippen LogP) is 0.242. The summed E-state index contributed by atoms with van der Waals surface area (Å²) in [7, 11) is 0. The van der Waals surface area contributed by atoms with E-state index in [1.165, 1.54) is 0 Å². The van der Waals surface area contributed by atoms with Gasteiger partial charge < -0.3 is 15.3 Å². The standard InChI is InChI=1S/C23H30N4O4/c28-13-17-12-26(14-23(17)6-8-24-9-7-23)10-15-2-1-3-16-11-27(22(31)20(15)16)18-4-5-19(29)25-21(18)30/h1-3,17-18,24,28H,4-14H2,(H,25,29,30). The average Bonchev–Trinajstić information content (AvgIpc) is 3.26. The zero-order chi connectivity index (χ0) is 21.6. The zero-order valence-corrected chi connectivity index (χ0v) is 17.7. The third-order valence-electron chi connectivity index (χ3n) is 7.74. The molecule has 0 aromatic heterocycles. The molecule has 2 unspecified atom stereocenters. The van der Waals surface area contributed by atoms with E-state index in [0.717, 1.165) is 50.1 Å². The molecule has 31 heavy (non-hydrogen) atoms. The molecule has 8 nitrogen and oxygen atoms in total. The summed E-state index contributed by atoms with van der Waals surface area (Å²) < 4.78 is 0.